The minimum Gasteiger partial charge on any atom is -0.388 e. The van der Waals surface area contributed by atoms with E-state index in [0.29, 0.717) is 12.1 Å². The number of aliphatic hydroxyl groups is 3. The second-order valence-electron chi connectivity index (χ2n) is 5.91. The predicted octanol–water partition coefficient (Wildman–Crippen LogP) is -0.0765. The topological polar surface area (TPSA) is 85.5 Å². The molecule has 10 heteroatoms. The summed E-state index contributed by atoms with van der Waals surface area (Å²) < 4.78 is 44.2. The fourth-order valence-electron chi connectivity index (χ4n) is 2.63. The first kappa shape index (κ1) is 16.3. The van der Waals surface area contributed by atoms with Gasteiger partial charge in [-0.3, -0.25) is 4.99 Å². The van der Waals surface area contributed by atoms with Gasteiger partial charge in [-0.25, -0.2) is 0 Å². The summed E-state index contributed by atoms with van der Waals surface area (Å²) in [6.45, 7) is 2.13. The van der Waals surface area contributed by atoms with Crippen molar-refractivity contribution >= 4 is 16.9 Å². The second-order valence-corrected chi connectivity index (χ2v) is 6.98. The highest BCUT2D eigenvalue weighted by atomic mass is 32.2. The maximum Gasteiger partial charge on any atom is 0.419 e. The number of alkyl halides is 3. The van der Waals surface area contributed by atoms with E-state index in [0.717, 1.165) is 31.3 Å². The van der Waals surface area contributed by atoms with Gasteiger partial charge < -0.3 is 25.0 Å². The van der Waals surface area contributed by atoms with E-state index in [1.54, 1.807) is 0 Å². The monoisotopic (exact) mass is 342 g/mol. The third-order valence-corrected chi connectivity index (χ3v) is 5.50. The van der Waals surface area contributed by atoms with E-state index in [9.17, 15) is 28.5 Å². The van der Waals surface area contributed by atoms with Gasteiger partial charge in [-0.1, -0.05) is 11.8 Å². The van der Waals surface area contributed by atoms with Gasteiger partial charge in [0.05, 0.1) is 0 Å². The lowest BCUT2D eigenvalue weighted by Gasteiger charge is -2.44. The smallest absolute Gasteiger partial charge is 0.388 e. The highest BCUT2D eigenvalue weighted by molar-refractivity contribution is 8.14. The van der Waals surface area contributed by atoms with Crippen molar-refractivity contribution in [2.75, 3.05) is 13.1 Å². The molecule has 0 aromatic carbocycles. The fraction of sp³-hybridized carbons (Fsp3) is 0.917. The molecule has 2 saturated heterocycles. The van der Waals surface area contributed by atoms with Crippen LogP contribution in [0, 0.1) is 0 Å². The molecule has 6 unspecified atom stereocenters. The second kappa shape index (κ2) is 5.23. The highest BCUT2D eigenvalue weighted by Crippen LogP contribution is 2.44. The molecule has 0 aromatic rings. The average Bonchev–Trinajstić information content (AvgIpc) is 2.73. The number of likely N-dealkylation sites (tertiary alicyclic amines) is 1. The van der Waals surface area contributed by atoms with Crippen molar-refractivity contribution in [2.45, 2.75) is 54.9 Å². The molecule has 0 aromatic heterocycles. The number of hydrogen-bond acceptors (Lipinski definition) is 7. The average molecular weight is 342 g/mol. The largest absolute Gasteiger partial charge is 0.419 e. The van der Waals surface area contributed by atoms with Crippen molar-refractivity contribution < 1.29 is 33.2 Å². The Morgan fingerprint density at radius 1 is 1.27 bits per heavy atom. The maximum atomic E-state index is 13.0. The number of nitrogens with zero attached hydrogens (tertiary/aromatic N) is 2. The molecule has 3 aliphatic rings. The zero-order valence-electron chi connectivity index (χ0n) is 11.7. The molecule has 0 radical (unpaired) electrons. The zero-order chi connectivity index (χ0) is 16.3. The molecule has 0 aliphatic carbocycles. The van der Waals surface area contributed by atoms with Gasteiger partial charge in [-0.15, -0.1) is 0 Å². The van der Waals surface area contributed by atoms with Crippen molar-refractivity contribution in [1.82, 2.24) is 4.90 Å². The lowest BCUT2D eigenvalue weighted by molar-refractivity contribution is -0.317. The highest BCUT2D eigenvalue weighted by Gasteiger charge is 2.63. The summed E-state index contributed by atoms with van der Waals surface area (Å²) in [5.74, 6) is 0. The molecule has 6 nitrogen and oxygen atoms in total. The summed E-state index contributed by atoms with van der Waals surface area (Å²) in [5, 5.41) is 30.4. The first-order valence-corrected chi connectivity index (χ1v) is 7.81. The zero-order valence-corrected chi connectivity index (χ0v) is 12.5. The molecule has 22 heavy (non-hydrogen) atoms. The number of halogens is 3. The van der Waals surface area contributed by atoms with Gasteiger partial charge in [0, 0.05) is 13.1 Å². The number of rotatable bonds is 1. The van der Waals surface area contributed by atoms with Crippen LogP contribution in [0.4, 0.5) is 13.2 Å². The van der Waals surface area contributed by atoms with Crippen LogP contribution < -0.4 is 0 Å². The van der Waals surface area contributed by atoms with Crippen molar-refractivity contribution in [2.24, 2.45) is 4.99 Å². The summed E-state index contributed by atoms with van der Waals surface area (Å²) in [4.78, 5) is 6.18. The molecule has 0 amide bonds. The summed E-state index contributed by atoms with van der Waals surface area (Å²) in [5.41, 5.74) is -4.12. The normalized spacial score (nSPS) is 41.5. The first-order valence-electron chi connectivity index (χ1n) is 6.93. The van der Waals surface area contributed by atoms with Crippen LogP contribution in [0.25, 0.3) is 0 Å². The van der Waals surface area contributed by atoms with E-state index in [-0.39, 0.29) is 0 Å². The Morgan fingerprint density at radius 3 is 2.41 bits per heavy atom. The minimum atomic E-state index is -4.99. The third-order valence-electron chi connectivity index (χ3n) is 4.31. The van der Waals surface area contributed by atoms with Crippen molar-refractivity contribution in [3.05, 3.63) is 0 Å². The molecule has 3 heterocycles. The summed E-state index contributed by atoms with van der Waals surface area (Å²) in [6, 6.07) is -0.837. The maximum absolute atomic E-state index is 13.0. The molecule has 3 aliphatic heterocycles. The van der Waals surface area contributed by atoms with Gasteiger partial charge in [0.1, 0.15) is 29.8 Å². The van der Waals surface area contributed by atoms with Crippen LogP contribution in [0.2, 0.25) is 0 Å². The Hall–Kier alpha value is -0.550. The number of fused-ring (bicyclic) bond motifs is 1. The van der Waals surface area contributed by atoms with Crippen molar-refractivity contribution in [1.29, 1.82) is 0 Å². The number of aliphatic hydroxyl groups excluding tert-OH is 2. The van der Waals surface area contributed by atoms with Crippen molar-refractivity contribution in [3.63, 3.8) is 0 Å². The Labute approximate surface area is 129 Å². The molecule has 0 spiro atoms. The molecule has 3 rings (SSSR count). The van der Waals surface area contributed by atoms with Gasteiger partial charge in [-0.05, 0) is 13.3 Å². The molecule has 126 valence electrons. The van der Waals surface area contributed by atoms with E-state index in [2.05, 4.69) is 4.99 Å². The van der Waals surface area contributed by atoms with E-state index in [1.807, 2.05) is 4.90 Å². The first-order chi connectivity index (χ1) is 10.1. The molecule has 0 bridgehead atoms. The lowest BCUT2D eigenvalue weighted by atomic mass is 9.87. The molecule has 2 fully saturated rings. The number of amidine groups is 1. The molecule has 3 N–H and O–H groups in total. The van der Waals surface area contributed by atoms with E-state index < -0.39 is 41.6 Å². The Bertz CT molecular complexity index is 483. The lowest BCUT2D eigenvalue weighted by Crippen LogP contribution is -2.66. The van der Waals surface area contributed by atoms with Crippen LogP contribution in [0.5, 0.6) is 0 Å². The molecular formula is C12H17F3N2O4S. The Kier molecular flexibility index (Phi) is 3.88. The summed E-state index contributed by atoms with van der Waals surface area (Å²) >= 11 is 1.12. The van der Waals surface area contributed by atoms with E-state index in [4.69, 9.17) is 4.74 Å². The molecule has 6 atom stereocenters. The van der Waals surface area contributed by atoms with Crippen LogP contribution in [0.3, 0.4) is 0 Å². The SMILES string of the molecule is CC(O)(C1OC2SC(N3CCC3)=NC2C(O)C1O)C(F)(F)F. The van der Waals surface area contributed by atoms with Gasteiger partial charge in [0.2, 0.25) is 0 Å². The van der Waals surface area contributed by atoms with Crippen LogP contribution in [0.1, 0.15) is 13.3 Å². The number of hydrogen-bond donors (Lipinski definition) is 3. The predicted molar refractivity (Wildman–Crippen MR) is 72.4 cm³/mol. The van der Waals surface area contributed by atoms with Crippen molar-refractivity contribution in [3.8, 4) is 0 Å². The molecular weight excluding hydrogens is 325 g/mol. The van der Waals surface area contributed by atoms with Gasteiger partial charge in [-0.2, -0.15) is 13.2 Å². The van der Waals surface area contributed by atoms with Crippen LogP contribution >= 0.6 is 11.8 Å². The van der Waals surface area contributed by atoms with Gasteiger partial charge in [0.25, 0.3) is 0 Å². The van der Waals surface area contributed by atoms with Crippen LogP contribution in [-0.2, 0) is 4.74 Å². The minimum absolute atomic E-state index is 0.532. The number of thioether (sulfide) groups is 1. The van der Waals surface area contributed by atoms with Gasteiger partial charge in [0.15, 0.2) is 10.8 Å². The standard InChI is InChI=1S/C12H17F3N2O4S/c1-11(20,12(13,14)15)8-7(19)6(18)5-9(21-8)22-10(16-5)17-3-2-4-17/h5-9,18-20H,2-4H2,1H3. The summed E-state index contributed by atoms with van der Waals surface area (Å²) in [6.07, 6.45) is -9.36. The Morgan fingerprint density at radius 2 is 1.91 bits per heavy atom. The molecule has 0 saturated carbocycles. The fourth-order valence-corrected chi connectivity index (χ4v) is 3.89. The quantitative estimate of drug-likeness (QED) is 0.618. The van der Waals surface area contributed by atoms with E-state index in [1.165, 1.54) is 0 Å². The van der Waals surface area contributed by atoms with Crippen LogP contribution in [0.15, 0.2) is 4.99 Å². The third kappa shape index (κ3) is 2.41. The summed E-state index contributed by atoms with van der Waals surface area (Å²) in [7, 11) is 0. The number of ether oxygens (including phenoxy) is 1. The Balaban J connectivity index is 1.80. The number of aliphatic imine (C=N–C) groups is 1. The van der Waals surface area contributed by atoms with E-state index >= 15 is 0 Å². The van der Waals surface area contributed by atoms with Gasteiger partial charge >= 0.3 is 6.18 Å². The van der Waals surface area contributed by atoms with Crippen LogP contribution in [-0.4, -0.2) is 80.0 Å².